The van der Waals surface area contributed by atoms with Gasteiger partial charge in [0.1, 0.15) is 6.04 Å². The zero-order valence-corrected chi connectivity index (χ0v) is 15.5. The van der Waals surface area contributed by atoms with E-state index >= 15 is 0 Å². The molecular formula is C18H17Cl2N3O3. The Hall–Kier alpha value is -2.15. The number of ether oxygens (including phenoxy) is 1. The molecule has 2 heterocycles. The first-order chi connectivity index (χ1) is 12.4. The van der Waals surface area contributed by atoms with Gasteiger partial charge in [0.25, 0.3) is 5.91 Å². The molecule has 0 radical (unpaired) electrons. The summed E-state index contributed by atoms with van der Waals surface area (Å²) in [5.41, 5.74) is 8.78. The molecule has 0 fully saturated rings. The minimum atomic E-state index is -0.716. The number of anilines is 1. The van der Waals surface area contributed by atoms with E-state index < -0.39 is 12.0 Å². The molecule has 1 aliphatic rings. The summed E-state index contributed by atoms with van der Waals surface area (Å²) in [6, 6.07) is 4.94. The Labute approximate surface area is 160 Å². The van der Waals surface area contributed by atoms with Crippen molar-refractivity contribution in [3.63, 3.8) is 0 Å². The summed E-state index contributed by atoms with van der Waals surface area (Å²) < 4.78 is 4.65. The third-order valence-corrected chi connectivity index (χ3v) is 4.88. The molecule has 1 aromatic carbocycles. The van der Waals surface area contributed by atoms with Gasteiger partial charge in [-0.1, -0.05) is 35.3 Å². The van der Waals surface area contributed by atoms with E-state index in [9.17, 15) is 9.59 Å². The first kappa shape index (κ1) is 18.6. The van der Waals surface area contributed by atoms with Crippen LogP contribution in [0.2, 0.25) is 10.0 Å². The fourth-order valence-corrected chi connectivity index (χ4v) is 3.56. The zero-order chi connectivity index (χ0) is 18.8. The van der Waals surface area contributed by atoms with E-state index in [1.54, 1.807) is 4.90 Å². The number of esters is 1. The molecular weight excluding hydrogens is 377 g/mol. The molecule has 8 heteroatoms. The number of aromatic nitrogens is 1. The van der Waals surface area contributed by atoms with Gasteiger partial charge in [-0.2, -0.15) is 0 Å². The SMILES string of the molecule is COC(=O)C(N)Cc1ccc2c(c1)CCN2C(=O)c1c(Cl)cncc1Cl. The maximum atomic E-state index is 12.9. The predicted octanol–water partition coefficient (Wildman–Crippen LogP) is 2.63. The number of benzene rings is 1. The van der Waals surface area contributed by atoms with Crippen LogP contribution in [0.25, 0.3) is 0 Å². The molecule has 26 heavy (non-hydrogen) atoms. The lowest BCUT2D eigenvalue weighted by Crippen LogP contribution is -2.33. The molecule has 3 rings (SSSR count). The molecule has 1 amide bonds. The number of fused-ring (bicyclic) bond motifs is 1. The van der Waals surface area contributed by atoms with Crippen LogP contribution in [0.4, 0.5) is 5.69 Å². The van der Waals surface area contributed by atoms with Gasteiger partial charge < -0.3 is 15.4 Å². The lowest BCUT2D eigenvalue weighted by molar-refractivity contribution is -0.142. The molecule has 6 nitrogen and oxygen atoms in total. The number of rotatable bonds is 4. The Kier molecular flexibility index (Phi) is 5.46. The molecule has 1 unspecified atom stereocenters. The topological polar surface area (TPSA) is 85.5 Å². The Morgan fingerprint density at radius 3 is 2.65 bits per heavy atom. The lowest BCUT2D eigenvalue weighted by atomic mass is 10.0. The number of halogens is 2. The van der Waals surface area contributed by atoms with Crippen LogP contribution in [0, 0.1) is 0 Å². The van der Waals surface area contributed by atoms with Gasteiger partial charge in [0.15, 0.2) is 0 Å². The molecule has 0 spiro atoms. The summed E-state index contributed by atoms with van der Waals surface area (Å²) in [6.07, 6.45) is 3.86. The molecule has 1 aromatic heterocycles. The molecule has 1 aliphatic heterocycles. The number of hydrogen-bond donors (Lipinski definition) is 1. The van der Waals surface area contributed by atoms with Gasteiger partial charge in [-0.15, -0.1) is 0 Å². The normalized spacial score (nSPS) is 14.1. The minimum absolute atomic E-state index is 0.219. The van der Waals surface area contributed by atoms with Crippen molar-refractivity contribution in [1.82, 2.24) is 4.98 Å². The highest BCUT2D eigenvalue weighted by Gasteiger charge is 2.29. The summed E-state index contributed by atoms with van der Waals surface area (Å²) in [4.78, 5) is 29.9. The van der Waals surface area contributed by atoms with Gasteiger partial charge >= 0.3 is 5.97 Å². The van der Waals surface area contributed by atoms with E-state index in [4.69, 9.17) is 28.9 Å². The standard InChI is InChI=1S/C18H17Cl2N3O3/c1-26-18(25)14(21)7-10-2-3-15-11(6-10)4-5-23(15)17(24)16-12(19)8-22-9-13(16)20/h2-3,6,8-9,14H,4-5,7,21H2,1H3. The van der Waals surface area contributed by atoms with E-state index in [0.717, 1.165) is 16.8 Å². The molecule has 136 valence electrons. The van der Waals surface area contributed by atoms with Crippen LogP contribution in [-0.4, -0.2) is 36.6 Å². The summed E-state index contributed by atoms with van der Waals surface area (Å²) in [5, 5.41) is 0.438. The van der Waals surface area contributed by atoms with E-state index in [-0.39, 0.29) is 21.5 Å². The third kappa shape index (κ3) is 3.53. The number of nitrogens with two attached hydrogens (primary N) is 1. The van der Waals surface area contributed by atoms with Crippen LogP contribution >= 0.6 is 23.2 Å². The van der Waals surface area contributed by atoms with E-state index in [1.807, 2.05) is 18.2 Å². The largest absolute Gasteiger partial charge is 0.468 e. The summed E-state index contributed by atoms with van der Waals surface area (Å²) >= 11 is 12.2. The van der Waals surface area contributed by atoms with Crippen molar-refractivity contribution in [3.05, 3.63) is 57.3 Å². The number of carbonyl (C=O) groups excluding carboxylic acids is 2. The Morgan fingerprint density at radius 2 is 2.00 bits per heavy atom. The van der Waals surface area contributed by atoms with E-state index in [2.05, 4.69) is 9.72 Å². The smallest absolute Gasteiger partial charge is 0.322 e. The van der Waals surface area contributed by atoms with E-state index in [1.165, 1.54) is 19.5 Å². The van der Waals surface area contributed by atoms with Crippen molar-refractivity contribution in [2.75, 3.05) is 18.6 Å². The quantitative estimate of drug-likeness (QED) is 0.806. The van der Waals surface area contributed by atoms with Crippen molar-refractivity contribution < 1.29 is 14.3 Å². The van der Waals surface area contributed by atoms with Crippen molar-refractivity contribution in [2.24, 2.45) is 5.73 Å². The van der Waals surface area contributed by atoms with Gasteiger partial charge in [-0.25, -0.2) is 0 Å². The van der Waals surface area contributed by atoms with Crippen LogP contribution < -0.4 is 10.6 Å². The van der Waals surface area contributed by atoms with Crippen LogP contribution in [0.3, 0.4) is 0 Å². The second-order valence-electron chi connectivity index (χ2n) is 5.98. The average Bonchev–Trinajstić information content (AvgIpc) is 3.03. The fraction of sp³-hybridized carbons (Fsp3) is 0.278. The monoisotopic (exact) mass is 393 g/mol. The number of methoxy groups -OCH3 is 1. The fourth-order valence-electron chi connectivity index (χ4n) is 3.03. The number of amides is 1. The molecule has 0 aliphatic carbocycles. The summed E-state index contributed by atoms with van der Waals surface area (Å²) in [6.45, 7) is 0.523. The second-order valence-corrected chi connectivity index (χ2v) is 6.80. The molecule has 0 bridgehead atoms. The van der Waals surface area contributed by atoms with Gasteiger partial charge in [-0.3, -0.25) is 14.6 Å². The van der Waals surface area contributed by atoms with Crippen molar-refractivity contribution >= 4 is 40.8 Å². The Bertz CT molecular complexity index is 853. The van der Waals surface area contributed by atoms with Gasteiger partial charge in [0.05, 0.1) is 22.7 Å². The summed E-state index contributed by atoms with van der Waals surface area (Å²) in [5.74, 6) is -0.718. The predicted molar refractivity (Wildman–Crippen MR) is 99.8 cm³/mol. The highest BCUT2D eigenvalue weighted by atomic mass is 35.5. The highest BCUT2D eigenvalue weighted by Crippen LogP contribution is 2.33. The van der Waals surface area contributed by atoms with Crippen LogP contribution in [0.1, 0.15) is 21.5 Å². The third-order valence-electron chi connectivity index (χ3n) is 4.31. The summed E-state index contributed by atoms with van der Waals surface area (Å²) in [7, 11) is 1.31. The molecule has 2 N–H and O–H groups in total. The maximum Gasteiger partial charge on any atom is 0.322 e. The van der Waals surface area contributed by atoms with Crippen molar-refractivity contribution in [1.29, 1.82) is 0 Å². The number of hydrogen-bond acceptors (Lipinski definition) is 5. The lowest BCUT2D eigenvalue weighted by Gasteiger charge is -2.19. The molecule has 2 aromatic rings. The molecule has 0 saturated heterocycles. The number of carbonyl (C=O) groups is 2. The number of nitrogens with zero attached hydrogens (tertiary/aromatic N) is 2. The zero-order valence-electron chi connectivity index (χ0n) is 14.0. The van der Waals surface area contributed by atoms with Gasteiger partial charge in [-0.05, 0) is 30.0 Å². The second kappa shape index (κ2) is 7.61. The van der Waals surface area contributed by atoms with Crippen molar-refractivity contribution in [3.8, 4) is 0 Å². The molecule has 1 atom stereocenters. The highest BCUT2D eigenvalue weighted by molar-refractivity contribution is 6.40. The van der Waals surface area contributed by atoms with Gasteiger partial charge in [0, 0.05) is 24.6 Å². The first-order valence-corrected chi connectivity index (χ1v) is 8.74. The van der Waals surface area contributed by atoms with Gasteiger partial charge in [0.2, 0.25) is 0 Å². The first-order valence-electron chi connectivity index (χ1n) is 7.98. The number of pyridine rings is 1. The van der Waals surface area contributed by atoms with Crippen LogP contribution in [-0.2, 0) is 22.4 Å². The maximum absolute atomic E-state index is 12.9. The van der Waals surface area contributed by atoms with Crippen LogP contribution in [0.15, 0.2) is 30.6 Å². The minimum Gasteiger partial charge on any atom is -0.468 e. The van der Waals surface area contributed by atoms with Crippen molar-refractivity contribution in [2.45, 2.75) is 18.9 Å². The van der Waals surface area contributed by atoms with Crippen LogP contribution in [0.5, 0.6) is 0 Å². The Morgan fingerprint density at radius 1 is 1.31 bits per heavy atom. The average molecular weight is 394 g/mol. The molecule has 0 saturated carbocycles. The Balaban J connectivity index is 1.84. The van der Waals surface area contributed by atoms with E-state index in [0.29, 0.717) is 19.4 Å².